The quantitative estimate of drug-likeness (QED) is 0.848. The Morgan fingerprint density at radius 2 is 1.94 bits per heavy atom. The van der Waals surface area contributed by atoms with E-state index >= 15 is 0 Å². The Labute approximate surface area is 108 Å². The number of anilines is 1. The second kappa shape index (κ2) is 4.73. The van der Waals surface area contributed by atoms with Crippen LogP contribution in [0.1, 0.15) is 10.4 Å². The molecule has 3 nitrogen and oxygen atoms in total. The van der Waals surface area contributed by atoms with E-state index in [1.54, 1.807) is 24.3 Å². The van der Waals surface area contributed by atoms with Gasteiger partial charge in [0.1, 0.15) is 5.82 Å². The maximum absolute atomic E-state index is 10.7. The molecule has 0 aliphatic heterocycles. The molecule has 0 amide bonds. The van der Waals surface area contributed by atoms with E-state index in [1.165, 1.54) is 6.20 Å². The summed E-state index contributed by atoms with van der Waals surface area (Å²) in [5, 5.41) is 1.05. The van der Waals surface area contributed by atoms with Crippen molar-refractivity contribution in [3.8, 4) is 11.1 Å². The second-order valence-corrected chi connectivity index (χ2v) is 4.29. The van der Waals surface area contributed by atoms with Gasteiger partial charge in [-0.05, 0) is 24.3 Å². The normalized spacial score (nSPS) is 10.2. The predicted octanol–water partition coefficient (Wildman–Crippen LogP) is 3.45. The van der Waals surface area contributed by atoms with Gasteiger partial charge in [0.25, 0.3) is 0 Å². The summed E-state index contributed by atoms with van der Waals surface area (Å²) in [6, 6.07) is 6.67. The number of pyridine rings is 1. The van der Waals surface area contributed by atoms with Crippen LogP contribution in [0.2, 0.25) is 10.0 Å². The minimum absolute atomic E-state index is 0.305. The summed E-state index contributed by atoms with van der Waals surface area (Å²) < 4.78 is 0. The largest absolute Gasteiger partial charge is 0.383 e. The Morgan fingerprint density at radius 3 is 2.65 bits per heavy atom. The van der Waals surface area contributed by atoms with Crippen molar-refractivity contribution >= 4 is 35.3 Å². The van der Waals surface area contributed by atoms with Crippen molar-refractivity contribution in [1.82, 2.24) is 4.98 Å². The molecule has 0 aliphatic carbocycles. The van der Waals surface area contributed by atoms with Gasteiger partial charge in [-0.3, -0.25) is 4.79 Å². The van der Waals surface area contributed by atoms with Gasteiger partial charge in [-0.15, -0.1) is 0 Å². The molecule has 2 aromatic rings. The number of carbonyl (C=O) groups excluding carboxylic acids is 1. The SMILES string of the molecule is Nc1ncc(C=O)cc1-c1cc(Cl)ccc1Cl. The molecule has 2 rings (SSSR count). The number of nitrogens with two attached hydrogens (primary N) is 1. The summed E-state index contributed by atoms with van der Waals surface area (Å²) in [6.45, 7) is 0. The molecule has 0 spiro atoms. The highest BCUT2D eigenvalue weighted by atomic mass is 35.5. The summed E-state index contributed by atoms with van der Waals surface area (Å²) in [7, 11) is 0. The molecule has 0 saturated heterocycles. The lowest BCUT2D eigenvalue weighted by Crippen LogP contribution is -1.96. The average Bonchev–Trinajstić information content (AvgIpc) is 2.33. The zero-order chi connectivity index (χ0) is 12.4. The number of carbonyl (C=O) groups is 1. The number of aldehydes is 1. The molecular weight excluding hydrogens is 259 g/mol. The predicted molar refractivity (Wildman–Crippen MR) is 69.5 cm³/mol. The highest BCUT2D eigenvalue weighted by Crippen LogP contribution is 2.33. The van der Waals surface area contributed by atoms with Crippen LogP contribution in [0.4, 0.5) is 5.82 Å². The van der Waals surface area contributed by atoms with Gasteiger partial charge in [-0.2, -0.15) is 0 Å². The van der Waals surface area contributed by atoms with Crippen LogP contribution in [0.15, 0.2) is 30.5 Å². The molecule has 0 fully saturated rings. The maximum atomic E-state index is 10.7. The highest BCUT2D eigenvalue weighted by molar-refractivity contribution is 6.35. The van der Waals surface area contributed by atoms with Crippen molar-refractivity contribution in [1.29, 1.82) is 0 Å². The molecule has 2 N–H and O–H groups in total. The van der Waals surface area contributed by atoms with Crippen molar-refractivity contribution in [3.05, 3.63) is 46.1 Å². The van der Waals surface area contributed by atoms with Crippen LogP contribution in [0.5, 0.6) is 0 Å². The summed E-state index contributed by atoms with van der Waals surface area (Å²) in [5.74, 6) is 0.305. The van der Waals surface area contributed by atoms with E-state index in [9.17, 15) is 4.79 Å². The number of nitrogen functional groups attached to an aromatic ring is 1. The lowest BCUT2D eigenvalue weighted by atomic mass is 10.1. The minimum atomic E-state index is 0.305. The number of benzene rings is 1. The Morgan fingerprint density at radius 1 is 1.18 bits per heavy atom. The third kappa shape index (κ3) is 2.40. The van der Waals surface area contributed by atoms with E-state index in [4.69, 9.17) is 28.9 Å². The number of nitrogens with zero attached hydrogens (tertiary/aromatic N) is 1. The standard InChI is InChI=1S/C12H8Cl2N2O/c13-8-1-2-11(14)9(4-8)10-3-7(6-17)5-16-12(10)15/h1-6H,(H2,15,16). The van der Waals surface area contributed by atoms with Crippen molar-refractivity contribution in [2.45, 2.75) is 0 Å². The van der Waals surface area contributed by atoms with Crippen LogP contribution in [-0.4, -0.2) is 11.3 Å². The van der Waals surface area contributed by atoms with Crippen LogP contribution in [0.25, 0.3) is 11.1 Å². The molecule has 1 heterocycles. The van der Waals surface area contributed by atoms with Crippen molar-refractivity contribution in [2.75, 3.05) is 5.73 Å². The first-order valence-corrected chi connectivity index (χ1v) is 5.53. The van der Waals surface area contributed by atoms with Crippen LogP contribution in [0.3, 0.4) is 0 Å². The number of hydrogen-bond acceptors (Lipinski definition) is 3. The number of hydrogen-bond donors (Lipinski definition) is 1. The average molecular weight is 267 g/mol. The smallest absolute Gasteiger partial charge is 0.151 e. The summed E-state index contributed by atoms with van der Waals surface area (Å²) >= 11 is 12.0. The lowest BCUT2D eigenvalue weighted by molar-refractivity contribution is 0.112. The molecule has 1 aromatic heterocycles. The van der Waals surface area contributed by atoms with E-state index in [0.717, 1.165) is 0 Å². The van der Waals surface area contributed by atoms with Crippen molar-refractivity contribution in [3.63, 3.8) is 0 Å². The Kier molecular flexibility index (Phi) is 3.31. The third-order valence-corrected chi connectivity index (χ3v) is 2.86. The molecule has 0 bridgehead atoms. The van der Waals surface area contributed by atoms with E-state index in [0.29, 0.717) is 38.8 Å². The zero-order valence-electron chi connectivity index (χ0n) is 8.65. The fourth-order valence-electron chi connectivity index (χ4n) is 1.48. The van der Waals surface area contributed by atoms with Gasteiger partial charge in [0.15, 0.2) is 6.29 Å². The van der Waals surface area contributed by atoms with Gasteiger partial charge in [0.2, 0.25) is 0 Å². The van der Waals surface area contributed by atoms with E-state index < -0.39 is 0 Å². The van der Waals surface area contributed by atoms with Gasteiger partial charge >= 0.3 is 0 Å². The van der Waals surface area contributed by atoms with E-state index in [2.05, 4.69) is 4.98 Å². The summed E-state index contributed by atoms with van der Waals surface area (Å²) in [4.78, 5) is 14.7. The summed E-state index contributed by atoms with van der Waals surface area (Å²) in [6.07, 6.45) is 2.11. The highest BCUT2D eigenvalue weighted by Gasteiger charge is 2.09. The second-order valence-electron chi connectivity index (χ2n) is 3.44. The van der Waals surface area contributed by atoms with Gasteiger partial charge in [-0.25, -0.2) is 4.98 Å². The van der Waals surface area contributed by atoms with Crippen LogP contribution in [-0.2, 0) is 0 Å². The topological polar surface area (TPSA) is 56.0 Å². The van der Waals surface area contributed by atoms with Gasteiger partial charge in [0.05, 0.1) is 0 Å². The third-order valence-electron chi connectivity index (χ3n) is 2.29. The Balaban J connectivity index is 2.66. The Bertz CT molecular complexity index is 585. The van der Waals surface area contributed by atoms with Crippen molar-refractivity contribution in [2.24, 2.45) is 0 Å². The maximum Gasteiger partial charge on any atom is 0.151 e. The van der Waals surface area contributed by atoms with Crippen LogP contribution >= 0.6 is 23.2 Å². The number of rotatable bonds is 2. The van der Waals surface area contributed by atoms with E-state index in [1.807, 2.05) is 0 Å². The molecular formula is C12H8Cl2N2O. The molecule has 1 aromatic carbocycles. The monoisotopic (exact) mass is 266 g/mol. The first-order valence-electron chi connectivity index (χ1n) is 4.78. The van der Waals surface area contributed by atoms with Gasteiger partial charge in [0, 0.05) is 32.9 Å². The minimum Gasteiger partial charge on any atom is -0.383 e. The molecule has 5 heteroatoms. The number of halogens is 2. The first-order chi connectivity index (χ1) is 8.11. The summed E-state index contributed by atoms with van der Waals surface area (Å²) in [5.41, 5.74) is 7.46. The molecule has 0 atom stereocenters. The van der Waals surface area contributed by atoms with Gasteiger partial charge < -0.3 is 5.73 Å². The fourth-order valence-corrected chi connectivity index (χ4v) is 1.87. The molecule has 0 unspecified atom stereocenters. The molecule has 86 valence electrons. The van der Waals surface area contributed by atoms with Crippen LogP contribution < -0.4 is 5.73 Å². The lowest BCUT2D eigenvalue weighted by Gasteiger charge is -2.08. The van der Waals surface area contributed by atoms with Gasteiger partial charge in [-0.1, -0.05) is 23.2 Å². The fraction of sp³-hybridized carbons (Fsp3) is 0. The zero-order valence-corrected chi connectivity index (χ0v) is 10.2. The van der Waals surface area contributed by atoms with Crippen molar-refractivity contribution < 1.29 is 4.79 Å². The van der Waals surface area contributed by atoms with Crippen LogP contribution in [0, 0.1) is 0 Å². The van der Waals surface area contributed by atoms with E-state index in [-0.39, 0.29) is 0 Å². The molecule has 0 aliphatic rings. The first kappa shape index (κ1) is 11.9. The molecule has 0 saturated carbocycles. The Hall–Kier alpha value is -1.58. The molecule has 17 heavy (non-hydrogen) atoms. The molecule has 0 radical (unpaired) electrons. The number of aromatic nitrogens is 1.